The number of rotatable bonds is 5. The first kappa shape index (κ1) is 15.6. The van der Waals surface area contributed by atoms with Crippen molar-refractivity contribution in [3.8, 4) is 0 Å². The van der Waals surface area contributed by atoms with Gasteiger partial charge in [-0.05, 0) is 26.3 Å². The third kappa shape index (κ3) is 4.25. The van der Waals surface area contributed by atoms with Crippen LogP contribution in [0.15, 0.2) is 0 Å². The van der Waals surface area contributed by atoms with Crippen molar-refractivity contribution < 1.29 is 14.6 Å². The van der Waals surface area contributed by atoms with E-state index in [4.69, 9.17) is 4.74 Å². The highest BCUT2D eigenvalue weighted by Crippen LogP contribution is 2.18. The molecule has 2 atom stereocenters. The highest BCUT2D eigenvalue weighted by atomic mass is 35.5. The van der Waals surface area contributed by atoms with Crippen molar-refractivity contribution >= 4 is 18.3 Å². The highest BCUT2D eigenvalue weighted by molar-refractivity contribution is 5.86. The number of amides is 1. The van der Waals surface area contributed by atoms with Crippen molar-refractivity contribution in [1.82, 2.24) is 10.6 Å². The molecule has 1 aliphatic rings. The number of carbonyl (C=O) groups is 1. The van der Waals surface area contributed by atoms with E-state index < -0.39 is 11.6 Å². The molecule has 1 saturated heterocycles. The van der Waals surface area contributed by atoms with E-state index in [9.17, 15) is 9.90 Å². The number of ether oxygens (including phenoxy) is 1. The Balaban J connectivity index is 0.00000225. The molecule has 0 aromatic carbocycles. The first-order chi connectivity index (χ1) is 7.08. The Hall–Kier alpha value is -0.360. The largest absolute Gasteiger partial charge is 0.389 e. The van der Waals surface area contributed by atoms with Crippen LogP contribution in [-0.4, -0.2) is 49.5 Å². The Morgan fingerprint density at radius 2 is 2.38 bits per heavy atom. The normalized spacial score (nSPS) is 25.9. The maximum absolute atomic E-state index is 11.8. The summed E-state index contributed by atoms with van der Waals surface area (Å²) in [6.45, 7) is 3.25. The Morgan fingerprint density at radius 1 is 1.69 bits per heavy atom. The Morgan fingerprint density at radius 3 is 2.88 bits per heavy atom. The summed E-state index contributed by atoms with van der Waals surface area (Å²) in [5, 5.41) is 15.2. The van der Waals surface area contributed by atoms with Crippen molar-refractivity contribution in [2.24, 2.45) is 0 Å². The third-order valence-electron chi connectivity index (χ3n) is 2.73. The molecule has 0 saturated carbocycles. The van der Waals surface area contributed by atoms with Crippen LogP contribution in [0.1, 0.15) is 19.8 Å². The summed E-state index contributed by atoms with van der Waals surface area (Å²) in [6, 6.07) is 0. The molecule has 0 aliphatic carbocycles. The molecule has 96 valence electrons. The first-order valence-electron chi connectivity index (χ1n) is 5.29. The van der Waals surface area contributed by atoms with Gasteiger partial charge in [0, 0.05) is 13.7 Å². The zero-order valence-electron chi connectivity index (χ0n) is 9.78. The molecule has 0 radical (unpaired) electrons. The lowest BCUT2D eigenvalue weighted by Gasteiger charge is -2.23. The lowest BCUT2D eigenvalue weighted by molar-refractivity contribution is -0.127. The minimum absolute atomic E-state index is 0. The van der Waals surface area contributed by atoms with Gasteiger partial charge in [0.2, 0.25) is 5.91 Å². The van der Waals surface area contributed by atoms with E-state index in [1.54, 1.807) is 0 Å². The van der Waals surface area contributed by atoms with Gasteiger partial charge in [0.15, 0.2) is 0 Å². The lowest BCUT2D eigenvalue weighted by Crippen LogP contribution is -2.52. The quantitative estimate of drug-likeness (QED) is 0.627. The standard InChI is InChI=1S/C10H20N2O3.ClH/c1-10(4-3-5-12-10)9(14)11-6-8(13)7-15-2;/h8,12-13H,3-7H2,1-2H3,(H,11,14);1H. The van der Waals surface area contributed by atoms with Gasteiger partial charge >= 0.3 is 0 Å². The molecule has 6 heteroatoms. The molecule has 1 fully saturated rings. The van der Waals surface area contributed by atoms with E-state index in [1.165, 1.54) is 7.11 Å². The minimum atomic E-state index is -0.635. The fraction of sp³-hybridized carbons (Fsp3) is 0.900. The van der Waals surface area contributed by atoms with E-state index >= 15 is 0 Å². The second-order valence-electron chi connectivity index (χ2n) is 4.18. The van der Waals surface area contributed by atoms with Crippen LogP contribution in [0.4, 0.5) is 0 Å². The average Bonchev–Trinajstić information content (AvgIpc) is 2.63. The summed E-state index contributed by atoms with van der Waals surface area (Å²) < 4.78 is 4.77. The zero-order chi connectivity index (χ0) is 11.3. The molecule has 0 aromatic rings. The predicted molar refractivity (Wildman–Crippen MR) is 63.8 cm³/mol. The number of aliphatic hydroxyl groups excluding tert-OH is 1. The number of hydrogen-bond acceptors (Lipinski definition) is 4. The van der Waals surface area contributed by atoms with Gasteiger partial charge in [-0.15, -0.1) is 12.4 Å². The SMILES string of the molecule is COCC(O)CNC(=O)C1(C)CCCN1.Cl. The molecule has 1 rings (SSSR count). The maximum atomic E-state index is 11.8. The molecular weight excluding hydrogens is 232 g/mol. The highest BCUT2D eigenvalue weighted by Gasteiger charge is 2.35. The molecule has 0 spiro atoms. The summed E-state index contributed by atoms with van der Waals surface area (Å²) >= 11 is 0. The number of halogens is 1. The Bertz CT molecular complexity index is 220. The molecule has 16 heavy (non-hydrogen) atoms. The van der Waals surface area contributed by atoms with Crippen LogP contribution >= 0.6 is 12.4 Å². The molecule has 1 amide bonds. The van der Waals surface area contributed by atoms with Gasteiger partial charge in [0.1, 0.15) is 0 Å². The molecule has 0 bridgehead atoms. The van der Waals surface area contributed by atoms with Gasteiger partial charge < -0.3 is 20.5 Å². The van der Waals surface area contributed by atoms with Crippen LogP contribution < -0.4 is 10.6 Å². The van der Waals surface area contributed by atoms with Crippen molar-refractivity contribution in [1.29, 1.82) is 0 Å². The van der Waals surface area contributed by atoms with Crippen LogP contribution in [0.2, 0.25) is 0 Å². The third-order valence-corrected chi connectivity index (χ3v) is 2.73. The molecular formula is C10H21ClN2O3. The van der Waals surface area contributed by atoms with Crippen LogP contribution in [0.25, 0.3) is 0 Å². The predicted octanol–water partition coefficient (Wildman–Crippen LogP) is -0.326. The lowest BCUT2D eigenvalue weighted by atomic mass is 9.99. The fourth-order valence-corrected chi connectivity index (χ4v) is 1.75. The summed E-state index contributed by atoms with van der Waals surface area (Å²) in [7, 11) is 1.52. The molecule has 0 aromatic heterocycles. The molecule has 5 nitrogen and oxygen atoms in total. The van der Waals surface area contributed by atoms with E-state index in [-0.39, 0.29) is 31.5 Å². The van der Waals surface area contributed by atoms with Gasteiger partial charge in [-0.2, -0.15) is 0 Å². The van der Waals surface area contributed by atoms with Gasteiger partial charge in [-0.1, -0.05) is 0 Å². The van der Waals surface area contributed by atoms with Gasteiger partial charge in [-0.3, -0.25) is 4.79 Å². The summed E-state index contributed by atoms with van der Waals surface area (Å²) in [4.78, 5) is 11.8. The molecule has 1 heterocycles. The van der Waals surface area contributed by atoms with Crippen LogP contribution in [-0.2, 0) is 9.53 Å². The summed E-state index contributed by atoms with van der Waals surface area (Å²) in [5.74, 6) is -0.0462. The second kappa shape index (κ2) is 7.06. The van der Waals surface area contributed by atoms with Gasteiger partial charge in [0.05, 0.1) is 18.2 Å². The van der Waals surface area contributed by atoms with Crippen molar-refractivity contribution in [3.05, 3.63) is 0 Å². The van der Waals surface area contributed by atoms with Crippen molar-refractivity contribution in [3.63, 3.8) is 0 Å². The minimum Gasteiger partial charge on any atom is -0.389 e. The van der Waals surface area contributed by atoms with E-state index in [2.05, 4.69) is 10.6 Å². The summed E-state index contributed by atoms with van der Waals surface area (Å²) in [6.07, 6.45) is 1.23. The zero-order valence-corrected chi connectivity index (χ0v) is 10.6. The number of aliphatic hydroxyl groups is 1. The van der Waals surface area contributed by atoms with Crippen molar-refractivity contribution in [2.75, 3.05) is 26.8 Å². The van der Waals surface area contributed by atoms with Crippen LogP contribution in [0.5, 0.6) is 0 Å². The van der Waals surface area contributed by atoms with Gasteiger partial charge in [0.25, 0.3) is 0 Å². The second-order valence-corrected chi connectivity index (χ2v) is 4.18. The fourth-order valence-electron chi connectivity index (χ4n) is 1.75. The average molecular weight is 253 g/mol. The number of hydrogen-bond donors (Lipinski definition) is 3. The van der Waals surface area contributed by atoms with E-state index in [0.29, 0.717) is 0 Å². The first-order valence-corrected chi connectivity index (χ1v) is 5.29. The Labute approximate surface area is 102 Å². The number of nitrogens with one attached hydrogen (secondary N) is 2. The van der Waals surface area contributed by atoms with Crippen LogP contribution in [0.3, 0.4) is 0 Å². The number of methoxy groups -OCH3 is 1. The molecule has 1 aliphatic heterocycles. The molecule has 2 unspecified atom stereocenters. The maximum Gasteiger partial charge on any atom is 0.240 e. The summed E-state index contributed by atoms with van der Waals surface area (Å²) in [5.41, 5.74) is -0.465. The van der Waals surface area contributed by atoms with Gasteiger partial charge in [-0.25, -0.2) is 0 Å². The smallest absolute Gasteiger partial charge is 0.240 e. The monoisotopic (exact) mass is 252 g/mol. The Kier molecular flexibility index (Phi) is 6.90. The van der Waals surface area contributed by atoms with Crippen LogP contribution in [0, 0.1) is 0 Å². The van der Waals surface area contributed by atoms with Crippen molar-refractivity contribution in [2.45, 2.75) is 31.4 Å². The molecule has 3 N–H and O–H groups in total. The van der Waals surface area contributed by atoms with E-state index in [1.807, 2.05) is 6.92 Å². The topological polar surface area (TPSA) is 70.6 Å². The van der Waals surface area contributed by atoms with E-state index in [0.717, 1.165) is 19.4 Å². The number of carbonyl (C=O) groups excluding carboxylic acids is 1.